The maximum Gasteiger partial charge on any atom is 0.325 e. The highest BCUT2D eigenvalue weighted by atomic mass is 16.2. The highest BCUT2D eigenvalue weighted by molar-refractivity contribution is 6.08. The van der Waals surface area contributed by atoms with Gasteiger partial charge in [0.2, 0.25) is 5.91 Å². The van der Waals surface area contributed by atoms with Gasteiger partial charge in [-0.1, -0.05) is 58.0 Å². The van der Waals surface area contributed by atoms with Crippen LogP contribution in [0.5, 0.6) is 0 Å². The summed E-state index contributed by atoms with van der Waals surface area (Å²) < 4.78 is 0. The van der Waals surface area contributed by atoms with E-state index in [-0.39, 0.29) is 18.4 Å². The van der Waals surface area contributed by atoms with Crippen molar-refractivity contribution < 1.29 is 14.4 Å². The van der Waals surface area contributed by atoms with Gasteiger partial charge in [-0.15, -0.1) is 0 Å². The third-order valence-electron chi connectivity index (χ3n) is 4.92. The molecule has 0 aromatic heterocycles. The van der Waals surface area contributed by atoms with Crippen LogP contribution in [0.25, 0.3) is 0 Å². The first-order chi connectivity index (χ1) is 13.1. The molecule has 1 N–H and O–H groups in total. The molecule has 0 bridgehead atoms. The van der Waals surface area contributed by atoms with Crippen molar-refractivity contribution in [1.29, 1.82) is 0 Å². The molecule has 6 heteroatoms. The van der Waals surface area contributed by atoms with Gasteiger partial charge < -0.3 is 10.2 Å². The molecule has 2 rings (SSSR count). The standard InChI is InChI=1S/C22H33N3O3/c1-16(2)13-24(14-17(3)4)19(26)15-25-20(27)22(5,23-21(25)28)12-11-18-9-7-6-8-10-18/h6-10,16-17H,11-15H2,1-5H3,(H,23,28)/t22-/m0/s1. The molecular weight excluding hydrogens is 354 g/mol. The molecule has 28 heavy (non-hydrogen) atoms. The molecule has 1 aromatic rings. The van der Waals surface area contributed by atoms with Crippen molar-refractivity contribution in [3.63, 3.8) is 0 Å². The molecular formula is C22H33N3O3. The van der Waals surface area contributed by atoms with Crippen molar-refractivity contribution in [3.05, 3.63) is 35.9 Å². The number of urea groups is 1. The molecule has 1 fully saturated rings. The van der Waals surface area contributed by atoms with Gasteiger partial charge in [0.15, 0.2) is 0 Å². The lowest BCUT2D eigenvalue weighted by Gasteiger charge is -2.28. The Morgan fingerprint density at radius 2 is 1.64 bits per heavy atom. The van der Waals surface area contributed by atoms with Gasteiger partial charge in [0.1, 0.15) is 12.1 Å². The highest BCUT2D eigenvalue weighted by Gasteiger charge is 2.48. The first-order valence-electron chi connectivity index (χ1n) is 10.1. The van der Waals surface area contributed by atoms with Crippen LogP contribution >= 0.6 is 0 Å². The lowest BCUT2D eigenvalue weighted by Crippen LogP contribution is -2.47. The zero-order chi connectivity index (χ0) is 20.9. The van der Waals surface area contributed by atoms with E-state index < -0.39 is 11.6 Å². The summed E-state index contributed by atoms with van der Waals surface area (Å²) in [5, 5.41) is 2.79. The maximum absolute atomic E-state index is 12.9. The Labute approximate surface area is 168 Å². The van der Waals surface area contributed by atoms with Crippen LogP contribution in [-0.2, 0) is 16.0 Å². The molecule has 1 heterocycles. The number of carbonyl (C=O) groups is 3. The van der Waals surface area contributed by atoms with E-state index in [4.69, 9.17) is 0 Å². The molecule has 1 aliphatic rings. The average molecular weight is 388 g/mol. The van der Waals surface area contributed by atoms with Crippen LogP contribution in [0.1, 0.15) is 46.6 Å². The number of imide groups is 1. The van der Waals surface area contributed by atoms with E-state index in [1.165, 1.54) is 0 Å². The number of nitrogens with one attached hydrogen (secondary N) is 1. The summed E-state index contributed by atoms with van der Waals surface area (Å²) in [6.07, 6.45) is 1.17. The average Bonchev–Trinajstić information content (AvgIpc) is 2.83. The monoisotopic (exact) mass is 387 g/mol. The Morgan fingerprint density at radius 3 is 2.18 bits per heavy atom. The molecule has 0 unspecified atom stereocenters. The number of hydrogen-bond donors (Lipinski definition) is 1. The fourth-order valence-corrected chi connectivity index (χ4v) is 3.49. The minimum Gasteiger partial charge on any atom is -0.341 e. The molecule has 4 amide bonds. The Morgan fingerprint density at radius 1 is 1.07 bits per heavy atom. The first kappa shape index (κ1) is 21.9. The number of benzene rings is 1. The highest BCUT2D eigenvalue weighted by Crippen LogP contribution is 2.23. The van der Waals surface area contributed by atoms with Crippen molar-refractivity contribution in [2.24, 2.45) is 11.8 Å². The van der Waals surface area contributed by atoms with Crippen LogP contribution in [0.15, 0.2) is 30.3 Å². The minimum absolute atomic E-state index is 0.182. The maximum atomic E-state index is 12.9. The first-order valence-corrected chi connectivity index (χ1v) is 10.1. The number of nitrogens with zero attached hydrogens (tertiary/aromatic N) is 2. The van der Waals surface area contributed by atoms with Gasteiger partial charge in [0, 0.05) is 13.1 Å². The van der Waals surface area contributed by atoms with E-state index in [2.05, 4.69) is 33.0 Å². The number of amides is 4. The zero-order valence-electron chi connectivity index (χ0n) is 17.7. The third-order valence-corrected chi connectivity index (χ3v) is 4.92. The molecule has 1 atom stereocenters. The summed E-state index contributed by atoms with van der Waals surface area (Å²) in [7, 11) is 0. The molecule has 0 spiro atoms. The Kier molecular flexibility index (Phi) is 7.22. The van der Waals surface area contributed by atoms with Crippen LogP contribution in [0.3, 0.4) is 0 Å². The topological polar surface area (TPSA) is 69.7 Å². The Hall–Kier alpha value is -2.37. The summed E-state index contributed by atoms with van der Waals surface area (Å²) in [6.45, 7) is 11.0. The van der Waals surface area contributed by atoms with Gasteiger partial charge in [-0.25, -0.2) is 4.79 Å². The van der Waals surface area contributed by atoms with E-state index in [1.807, 2.05) is 30.3 Å². The second-order valence-corrected chi connectivity index (χ2v) is 8.73. The summed E-state index contributed by atoms with van der Waals surface area (Å²) in [5.74, 6) is 0.137. The fraction of sp³-hybridized carbons (Fsp3) is 0.591. The van der Waals surface area contributed by atoms with E-state index in [1.54, 1.807) is 11.8 Å². The molecule has 154 valence electrons. The van der Waals surface area contributed by atoms with Gasteiger partial charge in [-0.05, 0) is 37.2 Å². The number of carbonyl (C=O) groups excluding carboxylic acids is 3. The van der Waals surface area contributed by atoms with Crippen molar-refractivity contribution in [1.82, 2.24) is 15.1 Å². The SMILES string of the molecule is CC(C)CN(CC(C)C)C(=O)CN1C(=O)N[C@@](C)(CCc2ccccc2)C1=O. The Balaban J connectivity index is 2.04. The predicted molar refractivity (Wildman–Crippen MR) is 110 cm³/mol. The largest absolute Gasteiger partial charge is 0.341 e. The molecule has 1 saturated heterocycles. The summed E-state index contributed by atoms with van der Waals surface area (Å²) in [4.78, 5) is 41.0. The number of rotatable bonds is 9. The second kappa shape index (κ2) is 9.22. The van der Waals surface area contributed by atoms with Crippen LogP contribution in [0, 0.1) is 11.8 Å². The molecule has 1 aromatic carbocycles. The van der Waals surface area contributed by atoms with E-state index in [0.29, 0.717) is 37.8 Å². The minimum atomic E-state index is -0.978. The second-order valence-electron chi connectivity index (χ2n) is 8.73. The molecule has 0 aliphatic carbocycles. The number of hydrogen-bond acceptors (Lipinski definition) is 3. The van der Waals surface area contributed by atoms with Gasteiger partial charge in [-0.2, -0.15) is 0 Å². The van der Waals surface area contributed by atoms with Gasteiger partial charge >= 0.3 is 6.03 Å². The van der Waals surface area contributed by atoms with E-state index in [0.717, 1.165) is 10.5 Å². The normalized spacial score (nSPS) is 19.5. The quantitative estimate of drug-likeness (QED) is 0.662. The van der Waals surface area contributed by atoms with Crippen LogP contribution in [0.2, 0.25) is 0 Å². The molecule has 6 nitrogen and oxygen atoms in total. The molecule has 0 radical (unpaired) electrons. The van der Waals surface area contributed by atoms with Crippen molar-refractivity contribution in [2.75, 3.05) is 19.6 Å². The lowest BCUT2D eigenvalue weighted by molar-refractivity contribution is -0.139. The van der Waals surface area contributed by atoms with Crippen molar-refractivity contribution >= 4 is 17.8 Å². The Bertz CT molecular complexity index is 692. The van der Waals surface area contributed by atoms with Crippen LogP contribution in [-0.4, -0.2) is 52.8 Å². The molecule has 0 saturated carbocycles. The van der Waals surface area contributed by atoms with Gasteiger partial charge in [0.25, 0.3) is 5.91 Å². The van der Waals surface area contributed by atoms with E-state index >= 15 is 0 Å². The smallest absolute Gasteiger partial charge is 0.325 e. The summed E-state index contributed by atoms with van der Waals surface area (Å²) >= 11 is 0. The summed E-state index contributed by atoms with van der Waals surface area (Å²) in [5.41, 5.74) is 0.133. The fourth-order valence-electron chi connectivity index (χ4n) is 3.49. The zero-order valence-corrected chi connectivity index (χ0v) is 17.7. The van der Waals surface area contributed by atoms with E-state index in [9.17, 15) is 14.4 Å². The van der Waals surface area contributed by atoms with Crippen LogP contribution in [0.4, 0.5) is 4.79 Å². The molecule has 1 aliphatic heterocycles. The van der Waals surface area contributed by atoms with Crippen LogP contribution < -0.4 is 5.32 Å². The predicted octanol–water partition coefficient (Wildman–Crippen LogP) is 3.07. The van der Waals surface area contributed by atoms with Gasteiger partial charge in [0.05, 0.1) is 0 Å². The van der Waals surface area contributed by atoms with Crippen molar-refractivity contribution in [2.45, 2.75) is 53.0 Å². The third kappa shape index (κ3) is 5.57. The number of aryl methyl sites for hydroxylation is 1. The van der Waals surface area contributed by atoms with Crippen molar-refractivity contribution in [3.8, 4) is 0 Å². The summed E-state index contributed by atoms with van der Waals surface area (Å²) in [6, 6.07) is 9.37. The lowest BCUT2D eigenvalue weighted by atomic mass is 9.93. The van der Waals surface area contributed by atoms with Gasteiger partial charge in [-0.3, -0.25) is 14.5 Å².